The number of nitrogens with one attached hydrogen (secondary N) is 1. The Hall–Kier alpha value is -2.21. The molecule has 1 amide bonds. The van der Waals surface area contributed by atoms with Crippen molar-refractivity contribution >= 4 is 23.1 Å². The fraction of sp³-hybridized carbons (Fsp3) is 0.154. The Morgan fingerprint density at radius 2 is 2.42 bits per heavy atom. The van der Waals surface area contributed by atoms with Gasteiger partial charge in [-0.15, -0.1) is 0 Å². The standard InChI is InChI=1S/C13H12N4OS/c1-9-2-3-17-7-11(16-12(17)4-9)6-14-13(18)10-5-15-19-8-10/h2-5,7-8H,6H2,1H3,(H,14,18). The molecule has 0 spiro atoms. The van der Waals surface area contributed by atoms with Gasteiger partial charge in [0.25, 0.3) is 5.91 Å². The third-order valence-electron chi connectivity index (χ3n) is 2.79. The number of pyridine rings is 1. The van der Waals surface area contributed by atoms with Crippen LogP contribution in [0.5, 0.6) is 0 Å². The second-order valence-corrected chi connectivity index (χ2v) is 4.95. The van der Waals surface area contributed by atoms with E-state index in [9.17, 15) is 4.79 Å². The molecule has 1 N–H and O–H groups in total. The Balaban J connectivity index is 1.73. The Morgan fingerprint density at radius 3 is 3.21 bits per heavy atom. The number of hydrogen-bond acceptors (Lipinski definition) is 4. The molecule has 0 bridgehead atoms. The molecule has 96 valence electrons. The number of imidazole rings is 1. The van der Waals surface area contributed by atoms with Crippen molar-refractivity contribution in [2.75, 3.05) is 0 Å². The van der Waals surface area contributed by atoms with Gasteiger partial charge in [0.15, 0.2) is 0 Å². The number of amides is 1. The fourth-order valence-electron chi connectivity index (χ4n) is 1.81. The summed E-state index contributed by atoms with van der Waals surface area (Å²) in [5.41, 5.74) is 3.48. The van der Waals surface area contributed by atoms with E-state index in [1.807, 2.05) is 35.9 Å². The highest BCUT2D eigenvalue weighted by Gasteiger charge is 2.07. The maximum absolute atomic E-state index is 11.8. The Bertz CT molecular complexity index is 717. The van der Waals surface area contributed by atoms with Gasteiger partial charge in [0.05, 0.1) is 24.0 Å². The number of carbonyl (C=O) groups excluding carboxylic acids is 1. The first-order valence-corrected chi connectivity index (χ1v) is 6.68. The van der Waals surface area contributed by atoms with E-state index < -0.39 is 0 Å². The van der Waals surface area contributed by atoms with Gasteiger partial charge in [-0.2, -0.15) is 0 Å². The van der Waals surface area contributed by atoms with Crippen LogP contribution < -0.4 is 5.32 Å². The first-order chi connectivity index (χ1) is 9.22. The van der Waals surface area contributed by atoms with E-state index in [2.05, 4.69) is 14.7 Å². The van der Waals surface area contributed by atoms with Crippen molar-refractivity contribution in [3.05, 3.63) is 52.9 Å². The maximum atomic E-state index is 11.8. The topological polar surface area (TPSA) is 59.3 Å². The minimum atomic E-state index is -0.123. The number of hydrogen-bond donors (Lipinski definition) is 1. The maximum Gasteiger partial charge on any atom is 0.254 e. The minimum Gasteiger partial charge on any atom is -0.346 e. The molecule has 0 atom stereocenters. The van der Waals surface area contributed by atoms with Crippen molar-refractivity contribution in [3.63, 3.8) is 0 Å². The Labute approximate surface area is 114 Å². The van der Waals surface area contributed by atoms with Crippen molar-refractivity contribution in [2.24, 2.45) is 0 Å². The van der Waals surface area contributed by atoms with Gasteiger partial charge in [0.1, 0.15) is 5.65 Å². The predicted octanol–water partition coefficient (Wildman–Crippen LogP) is 2.03. The first kappa shape index (κ1) is 11.9. The molecule has 3 aromatic rings. The number of rotatable bonds is 3. The van der Waals surface area contributed by atoms with Crippen molar-refractivity contribution < 1.29 is 4.79 Å². The van der Waals surface area contributed by atoms with Crippen LogP contribution >= 0.6 is 11.5 Å². The molecule has 0 radical (unpaired) electrons. The molecule has 3 aromatic heterocycles. The van der Waals surface area contributed by atoms with Crippen LogP contribution in [0.25, 0.3) is 5.65 Å². The predicted molar refractivity (Wildman–Crippen MR) is 73.2 cm³/mol. The minimum absolute atomic E-state index is 0.123. The summed E-state index contributed by atoms with van der Waals surface area (Å²) >= 11 is 1.26. The lowest BCUT2D eigenvalue weighted by Gasteiger charge is -1.99. The quantitative estimate of drug-likeness (QED) is 0.793. The van der Waals surface area contributed by atoms with Gasteiger partial charge >= 0.3 is 0 Å². The number of aryl methyl sites for hydroxylation is 1. The smallest absolute Gasteiger partial charge is 0.254 e. The van der Waals surface area contributed by atoms with Crippen LogP contribution in [0.4, 0.5) is 0 Å². The summed E-state index contributed by atoms with van der Waals surface area (Å²) in [6.45, 7) is 2.44. The highest BCUT2D eigenvalue weighted by molar-refractivity contribution is 7.03. The van der Waals surface area contributed by atoms with Gasteiger partial charge in [-0.3, -0.25) is 4.79 Å². The zero-order valence-electron chi connectivity index (χ0n) is 10.3. The van der Waals surface area contributed by atoms with Gasteiger partial charge in [-0.05, 0) is 36.2 Å². The Kier molecular flexibility index (Phi) is 3.00. The highest BCUT2D eigenvalue weighted by Crippen LogP contribution is 2.08. The zero-order chi connectivity index (χ0) is 13.2. The van der Waals surface area contributed by atoms with Crippen LogP contribution in [0, 0.1) is 6.92 Å². The van der Waals surface area contributed by atoms with Crippen molar-refractivity contribution in [2.45, 2.75) is 13.5 Å². The van der Waals surface area contributed by atoms with E-state index in [0.717, 1.165) is 16.9 Å². The average Bonchev–Trinajstić information content (AvgIpc) is 3.04. The molecule has 0 fully saturated rings. The van der Waals surface area contributed by atoms with Gasteiger partial charge in [0, 0.05) is 17.8 Å². The van der Waals surface area contributed by atoms with Crippen molar-refractivity contribution in [1.82, 2.24) is 19.1 Å². The van der Waals surface area contributed by atoms with Crippen molar-refractivity contribution in [1.29, 1.82) is 0 Å². The molecule has 0 saturated carbocycles. The lowest BCUT2D eigenvalue weighted by molar-refractivity contribution is 0.0950. The summed E-state index contributed by atoms with van der Waals surface area (Å²) in [6, 6.07) is 4.03. The molecule has 0 aliphatic heterocycles. The molecule has 0 saturated heterocycles. The molecule has 0 aliphatic rings. The Morgan fingerprint density at radius 1 is 1.53 bits per heavy atom. The number of aromatic nitrogens is 3. The van der Waals surface area contributed by atoms with Crippen LogP contribution in [0.2, 0.25) is 0 Å². The SMILES string of the molecule is Cc1ccn2cc(CNC(=O)c3cnsc3)nc2c1. The first-order valence-electron chi connectivity index (χ1n) is 5.84. The molecule has 5 nitrogen and oxygen atoms in total. The summed E-state index contributed by atoms with van der Waals surface area (Å²) in [5, 5.41) is 4.55. The third kappa shape index (κ3) is 2.48. The number of nitrogens with zero attached hydrogens (tertiary/aromatic N) is 3. The molecule has 3 heterocycles. The summed E-state index contributed by atoms with van der Waals surface area (Å²) in [4.78, 5) is 16.2. The van der Waals surface area contributed by atoms with E-state index >= 15 is 0 Å². The summed E-state index contributed by atoms with van der Waals surface area (Å²) in [7, 11) is 0. The molecule has 6 heteroatoms. The van der Waals surface area contributed by atoms with Gasteiger partial charge in [-0.25, -0.2) is 9.36 Å². The van der Waals surface area contributed by atoms with Gasteiger partial charge in [-0.1, -0.05) is 0 Å². The second-order valence-electron chi connectivity index (χ2n) is 4.30. The summed E-state index contributed by atoms with van der Waals surface area (Å²) in [5.74, 6) is -0.123. The van der Waals surface area contributed by atoms with Crippen LogP contribution in [-0.2, 0) is 6.54 Å². The van der Waals surface area contributed by atoms with Crippen LogP contribution in [0.3, 0.4) is 0 Å². The van der Waals surface area contributed by atoms with E-state index in [1.54, 1.807) is 11.6 Å². The normalized spacial score (nSPS) is 10.8. The van der Waals surface area contributed by atoms with E-state index in [1.165, 1.54) is 11.5 Å². The van der Waals surface area contributed by atoms with E-state index in [4.69, 9.17) is 0 Å². The largest absolute Gasteiger partial charge is 0.346 e. The van der Waals surface area contributed by atoms with Crippen LogP contribution in [0.1, 0.15) is 21.6 Å². The molecule has 3 rings (SSSR count). The summed E-state index contributed by atoms with van der Waals surface area (Å²) in [6.07, 6.45) is 5.44. The van der Waals surface area contributed by atoms with Gasteiger partial charge in [0.2, 0.25) is 0 Å². The molecule has 0 aliphatic carbocycles. The van der Waals surface area contributed by atoms with E-state index in [0.29, 0.717) is 12.1 Å². The second kappa shape index (κ2) is 4.81. The van der Waals surface area contributed by atoms with Crippen molar-refractivity contribution in [3.8, 4) is 0 Å². The highest BCUT2D eigenvalue weighted by atomic mass is 32.1. The lowest BCUT2D eigenvalue weighted by atomic mass is 10.3. The molecular formula is C13H12N4OS. The van der Waals surface area contributed by atoms with Crippen LogP contribution in [-0.4, -0.2) is 19.7 Å². The molecule has 0 aromatic carbocycles. The average molecular weight is 272 g/mol. The number of fused-ring (bicyclic) bond motifs is 1. The van der Waals surface area contributed by atoms with Gasteiger partial charge < -0.3 is 9.72 Å². The molecule has 19 heavy (non-hydrogen) atoms. The molecular weight excluding hydrogens is 260 g/mol. The lowest BCUT2D eigenvalue weighted by Crippen LogP contribution is -2.22. The monoisotopic (exact) mass is 272 g/mol. The zero-order valence-corrected chi connectivity index (χ0v) is 11.1. The number of carbonyl (C=O) groups is 1. The third-order valence-corrected chi connectivity index (χ3v) is 3.38. The van der Waals surface area contributed by atoms with E-state index in [-0.39, 0.29) is 5.91 Å². The fourth-order valence-corrected chi connectivity index (χ4v) is 2.33. The van der Waals surface area contributed by atoms with Crippen LogP contribution in [0.15, 0.2) is 36.1 Å². The molecule has 0 unspecified atom stereocenters. The summed E-state index contributed by atoms with van der Waals surface area (Å²) < 4.78 is 5.85.